The van der Waals surface area contributed by atoms with Crippen LogP contribution in [0.3, 0.4) is 0 Å². The first-order chi connectivity index (χ1) is 8.03. The lowest BCUT2D eigenvalue weighted by Gasteiger charge is -2.47. The fraction of sp³-hybridized carbons (Fsp3) is 0.714. The summed E-state index contributed by atoms with van der Waals surface area (Å²) in [6, 6.07) is 2.08. The highest BCUT2D eigenvalue weighted by Crippen LogP contribution is 2.50. The van der Waals surface area contributed by atoms with Crippen LogP contribution in [0.15, 0.2) is 11.4 Å². The Labute approximate surface area is 108 Å². The average Bonchev–Trinajstić information content (AvgIpc) is 2.77. The smallest absolute Gasteiger partial charge is 0.103 e. The molecular formula is C14H23NOS. The number of hydrogen-bond donors (Lipinski definition) is 2. The monoisotopic (exact) mass is 253 g/mol. The molecule has 1 aromatic heterocycles. The molecule has 17 heavy (non-hydrogen) atoms. The maximum atomic E-state index is 11.1. The second-order valence-electron chi connectivity index (χ2n) is 5.55. The number of rotatable bonds is 3. The predicted octanol–water partition coefficient (Wildman–Crippen LogP) is 3.17. The molecule has 0 spiro atoms. The van der Waals surface area contributed by atoms with Crippen molar-refractivity contribution in [3.63, 3.8) is 0 Å². The van der Waals surface area contributed by atoms with Crippen LogP contribution in [0.2, 0.25) is 0 Å². The van der Waals surface area contributed by atoms with Gasteiger partial charge in [0, 0.05) is 16.8 Å². The molecule has 0 saturated heterocycles. The van der Waals surface area contributed by atoms with E-state index in [0.29, 0.717) is 6.54 Å². The molecule has 1 fully saturated rings. The average molecular weight is 253 g/mol. The summed E-state index contributed by atoms with van der Waals surface area (Å²) in [5.41, 5.74) is 6.32. The van der Waals surface area contributed by atoms with E-state index in [1.165, 1.54) is 24.8 Å². The summed E-state index contributed by atoms with van der Waals surface area (Å²) in [6.45, 7) is 4.62. The number of hydrogen-bond acceptors (Lipinski definition) is 3. The Bertz CT molecular complexity index is 377. The third kappa shape index (κ3) is 2.05. The molecule has 0 amide bonds. The van der Waals surface area contributed by atoms with E-state index in [9.17, 15) is 5.11 Å². The zero-order valence-corrected chi connectivity index (χ0v) is 11.6. The van der Waals surface area contributed by atoms with E-state index in [1.54, 1.807) is 11.3 Å². The van der Waals surface area contributed by atoms with Gasteiger partial charge in [-0.1, -0.05) is 19.3 Å². The Kier molecular flexibility index (Phi) is 3.62. The van der Waals surface area contributed by atoms with Crippen LogP contribution in [0.1, 0.15) is 49.5 Å². The van der Waals surface area contributed by atoms with Gasteiger partial charge >= 0.3 is 0 Å². The van der Waals surface area contributed by atoms with Crippen LogP contribution in [0.25, 0.3) is 0 Å². The minimum Gasteiger partial charge on any atom is -0.384 e. The molecule has 2 rings (SSSR count). The molecule has 1 unspecified atom stereocenters. The quantitative estimate of drug-likeness (QED) is 0.869. The van der Waals surface area contributed by atoms with Gasteiger partial charge in [-0.05, 0) is 43.7 Å². The molecule has 0 radical (unpaired) electrons. The van der Waals surface area contributed by atoms with Gasteiger partial charge in [0.05, 0.1) is 0 Å². The Morgan fingerprint density at radius 2 is 2.06 bits per heavy atom. The molecule has 1 aliphatic rings. The number of aliphatic hydroxyl groups is 1. The summed E-state index contributed by atoms with van der Waals surface area (Å²) in [5.74, 6) is 0. The summed E-state index contributed by atoms with van der Waals surface area (Å²) in [5, 5.41) is 13.1. The number of thiophene rings is 1. The van der Waals surface area contributed by atoms with E-state index in [0.717, 1.165) is 17.7 Å². The van der Waals surface area contributed by atoms with E-state index >= 15 is 0 Å². The van der Waals surface area contributed by atoms with Gasteiger partial charge in [0.15, 0.2) is 0 Å². The van der Waals surface area contributed by atoms with Crippen molar-refractivity contribution in [2.45, 2.75) is 51.6 Å². The van der Waals surface area contributed by atoms with E-state index in [4.69, 9.17) is 5.73 Å². The summed E-state index contributed by atoms with van der Waals surface area (Å²) >= 11 is 1.66. The van der Waals surface area contributed by atoms with Gasteiger partial charge in [-0.3, -0.25) is 0 Å². The molecule has 1 aromatic rings. The van der Waals surface area contributed by atoms with Crippen LogP contribution < -0.4 is 5.73 Å². The van der Waals surface area contributed by atoms with Gasteiger partial charge < -0.3 is 10.8 Å². The van der Waals surface area contributed by atoms with Crippen LogP contribution in [-0.4, -0.2) is 11.7 Å². The number of nitrogens with two attached hydrogens (primary N) is 1. The Balaban J connectivity index is 2.38. The van der Waals surface area contributed by atoms with Crippen LogP contribution in [0, 0.1) is 12.3 Å². The van der Waals surface area contributed by atoms with Crippen LogP contribution in [-0.2, 0) is 5.60 Å². The molecule has 1 aliphatic carbocycles. The normalized spacial score (nSPS) is 23.3. The van der Waals surface area contributed by atoms with Crippen LogP contribution in [0.4, 0.5) is 0 Å². The molecule has 0 bridgehead atoms. The number of aryl methyl sites for hydroxylation is 1. The molecule has 0 aromatic carbocycles. The zero-order valence-electron chi connectivity index (χ0n) is 10.8. The largest absolute Gasteiger partial charge is 0.384 e. The fourth-order valence-electron chi connectivity index (χ4n) is 3.23. The molecule has 0 aliphatic heterocycles. The first-order valence-electron chi connectivity index (χ1n) is 6.50. The van der Waals surface area contributed by atoms with Gasteiger partial charge in [-0.2, -0.15) is 0 Å². The second-order valence-corrected chi connectivity index (χ2v) is 6.47. The third-order valence-electron chi connectivity index (χ3n) is 4.54. The van der Waals surface area contributed by atoms with Crippen molar-refractivity contribution < 1.29 is 5.11 Å². The lowest BCUT2D eigenvalue weighted by atomic mass is 9.63. The molecule has 3 heteroatoms. The van der Waals surface area contributed by atoms with Crippen LogP contribution >= 0.6 is 11.3 Å². The molecule has 96 valence electrons. The first kappa shape index (κ1) is 13.1. The minimum atomic E-state index is -0.777. The van der Waals surface area contributed by atoms with Crippen molar-refractivity contribution >= 4 is 11.3 Å². The molecule has 1 atom stereocenters. The van der Waals surface area contributed by atoms with Gasteiger partial charge in [-0.15, -0.1) is 11.3 Å². The summed E-state index contributed by atoms with van der Waals surface area (Å²) in [6.07, 6.45) is 5.76. The van der Waals surface area contributed by atoms with Crippen molar-refractivity contribution in [3.8, 4) is 0 Å². The Morgan fingerprint density at radius 1 is 1.41 bits per heavy atom. The predicted molar refractivity (Wildman–Crippen MR) is 73.2 cm³/mol. The summed E-state index contributed by atoms with van der Waals surface area (Å²) in [4.78, 5) is 1.10. The van der Waals surface area contributed by atoms with E-state index in [-0.39, 0.29) is 5.41 Å². The third-order valence-corrected chi connectivity index (χ3v) is 5.77. The van der Waals surface area contributed by atoms with E-state index in [1.807, 2.05) is 6.92 Å². The summed E-state index contributed by atoms with van der Waals surface area (Å²) in [7, 11) is 0. The maximum absolute atomic E-state index is 11.1. The second kappa shape index (κ2) is 4.71. The lowest BCUT2D eigenvalue weighted by molar-refractivity contribution is -0.0895. The molecular weight excluding hydrogens is 230 g/mol. The minimum absolute atomic E-state index is 0.124. The van der Waals surface area contributed by atoms with Crippen LogP contribution in [0.5, 0.6) is 0 Å². The van der Waals surface area contributed by atoms with E-state index in [2.05, 4.69) is 18.4 Å². The van der Waals surface area contributed by atoms with Crippen molar-refractivity contribution in [2.24, 2.45) is 11.1 Å². The SMILES string of the molecule is Cc1ccsc1C(C)(O)C1(CN)CCCCC1. The van der Waals surface area contributed by atoms with Gasteiger partial charge in [0.25, 0.3) is 0 Å². The van der Waals surface area contributed by atoms with E-state index < -0.39 is 5.60 Å². The first-order valence-corrected chi connectivity index (χ1v) is 7.38. The van der Waals surface area contributed by atoms with Gasteiger partial charge in [-0.25, -0.2) is 0 Å². The highest BCUT2D eigenvalue weighted by molar-refractivity contribution is 7.10. The molecule has 1 heterocycles. The van der Waals surface area contributed by atoms with Gasteiger partial charge in [0.2, 0.25) is 0 Å². The maximum Gasteiger partial charge on any atom is 0.103 e. The van der Waals surface area contributed by atoms with Crippen molar-refractivity contribution in [1.82, 2.24) is 0 Å². The molecule has 3 N–H and O–H groups in total. The topological polar surface area (TPSA) is 46.2 Å². The van der Waals surface area contributed by atoms with Crippen molar-refractivity contribution in [1.29, 1.82) is 0 Å². The highest BCUT2D eigenvalue weighted by atomic mass is 32.1. The van der Waals surface area contributed by atoms with Crippen molar-refractivity contribution in [2.75, 3.05) is 6.54 Å². The Hall–Kier alpha value is -0.380. The van der Waals surface area contributed by atoms with Crippen molar-refractivity contribution in [3.05, 3.63) is 21.9 Å². The molecule has 2 nitrogen and oxygen atoms in total. The lowest BCUT2D eigenvalue weighted by Crippen LogP contribution is -2.49. The van der Waals surface area contributed by atoms with Gasteiger partial charge in [0.1, 0.15) is 5.60 Å². The summed E-state index contributed by atoms with van der Waals surface area (Å²) < 4.78 is 0. The molecule has 1 saturated carbocycles. The fourth-order valence-corrected chi connectivity index (χ4v) is 4.34. The highest BCUT2D eigenvalue weighted by Gasteiger charge is 2.48. The zero-order chi connectivity index (χ0) is 12.5. The Morgan fingerprint density at radius 3 is 2.53 bits per heavy atom. The standard InChI is InChI=1S/C14H23NOS/c1-11-6-9-17-12(11)13(2,16)14(10-15)7-4-3-5-8-14/h6,9,16H,3-5,7-8,10,15H2,1-2H3.